The molecule has 6 nitrogen and oxygen atoms in total. The van der Waals surface area contributed by atoms with E-state index in [2.05, 4.69) is 15.3 Å². The molecule has 3 aromatic rings. The number of H-pyrrole nitrogens is 1. The Hall–Kier alpha value is -2.41. The summed E-state index contributed by atoms with van der Waals surface area (Å²) in [6.07, 6.45) is 0. The van der Waals surface area contributed by atoms with Gasteiger partial charge in [-0.1, -0.05) is 29.3 Å². The Balaban J connectivity index is 1.67. The molecule has 8 heteroatoms. The minimum atomic E-state index is -0.260. The van der Waals surface area contributed by atoms with Crippen molar-refractivity contribution in [1.82, 2.24) is 14.9 Å². The van der Waals surface area contributed by atoms with Crippen LogP contribution in [0.5, 0.6) is 0 Å². The Kier molecular flexibility index (Phi) is 5.56. The highest BCUT2D eigenvalue weighted by Gasteiger charge is 2.11. The molecule has 0 radical (unpaired) electrons. The largest absolute Gasteiger partial charge is 0.325 e. The molecule has 0 aliphatic carbocycles. The average Bonchev–Trinajstić information content (AvgIpc) is 2.55. The van der Waals surface area contributed by atoms with Crippen LogP contribution in [0.4, 0.5) is 5.69 Å². The molecule has 134 valence electrons. The fraction of sp³-hybridized carbons (Fsp3) is 0.167. The van der Waals surface area contributed by atoms with Crippen molar-refractivity contribution in [1.29, 1.82) is 0 Å². The first-order chi connectivity index (χ1) is 12.4. The van der Waals surface area contributed by atoms with Gasteiger partial charge in [-0.15, -0.1) is 0 Å². The summed E-state index contributed by atoms with van der Waals surface area (Å²) in [7, 11) is 1.77. The molecule has 0 atom stereocenters. The number of anilines is 1. The maximum Gasteiger partial charge on any atom is 0.258 e. The molecule has 0 saturated heterocycles. The molecule has 2 N–H and O–H groups in total. The average molecular weight is 391 g/mol. The van der Waals surface area contributed by atoms with Gasteiger partial charge in [0.2, 0.25) is 5.91 Å². The first kappa shape index (κ1) is 18.4. The van der Waals surface area contributed by atoms with Gasteiger partial charge < -0.3 is 10.3 Å². The summed E-state index contributed by atoms with van der Waals surface area (Å²) in [6, 6.07) is 11.9. The van der Waals surface area contributed by atoms with E-state index in [1.165, 1.54) is 0 Å². The quantitative estimate of drug-likeness (QED) is 0.700. The first-order valence-electron chi connectivity index (χ1n) is 7.83. The Bertz CT molecular complexity index is 1020. The number of nitrogens with zero attached hydrogens (tertiary/aromatic N) is 2. The number of aromatic nitrogens is 2. The van der Waals surface area contributed by atoms with E-state index < -0.39 is 0 Å². The van der Waals surface area contributed by atoms with E-state index in [1.807, 2.05) is 0 Å². The molecule has 1 aromatic heterocycles. The van der Waals surface area contributed by atoms with Crippen LogP contribution in [0.25, 0.3) is 10.9 Å². The van der Waals surface area contributed by atoms with Crippen molar-refractivity contribution in [3.05, 3.63) is 68.7 Å². The van der Waals surface area contributed by atoms with E-state index in [9.17, 15) is 9.59 Å². The Morgan fingerprint density at radius 1 is 1.19 bits per heavy atom. The summed E-state index contributed by atoms with van der Waals surface area (Å²) in [6.45, 7) is 0.450. The molecule has 1 amide bonds. The number of carbonyl (C=O) groups excluding carboxylic acids is 1. The number of amides is 1. The summed E-state index contributed by atoms with van der Waals surface area (Å²) in [5, 5.41) is 4.24. The van der Waals surface area contributed by atoms with Crippen LogP contribution in [0.1, 0.15) is 5.82 Å². The molecule has 2 aromatic carbocycles. The highest BCUT2D eigenvalue weighted by Crippen LogP contribution is 2.16. The number of benzene rings is 2. The van der Waals surface area contributed by atoms with E-state index in [-0.39, 0.29) is 18.0 Å². The molecule has 0 aliphatic rings. The lowest BCUT2D eigenvalue weighted by molar-refractivity contribution is -0.117. The molecule has 0 aliphatic heterocycles. The summed E-state index contributed by atoms with van der Waals surface area (Å²) in [5.74, 6) is 0.285. The topological polar surface area (TPSA) is 78.1 Å². The normalized spacial score (nSPS) is 11.1. The second-order valence-electron chi connectivity index (χ2n) is 5.90. The van der Waals surface area contributed by atoms with Gasteiger partial charge in [-0.3, -0.25) is 14.5 Å². The molecular formula is C18H16Cl2N4O2. The Morgan fingerprint density at radius 2 is 1.96 bits per heavy atom. The molecule has 1 heterocycles. The maximum absolute atomic E-state index is 12.2. The summed E-state index contributed by atoms with van der Waals surface area (Å²) in [4.78, 5) is 33.2. The van der Waals surface area contributed by atoms with Crippen LogP contribution < -0.4 is 10.9 Å². The number of halogens is 2. The number of hydrogen-bond donors (Lipinski definition) is 2. The lowest BCUT2D eigenvalue weighted by atomic mass is 10.2. The van der Waals surface area contributed by atoms with E-state index in [4.69, 9.17) is 23.2 Å². The van der Waals surface area contributed by atoms with Crippen molar-refractivity contribution in [3.8, 4) is 0 Å². The summed E-state index contributed by atoms with van der Waals surface area (Å²) >= 11 is 11.8. The number of aromatic amines is 1. The number of nitrogens with one attached hydrogen (secondary N) is 2. The fourth-order valence-electron chi connectivity index (χ4n) is 2.56. The molecule has 3 rings (SSSR count). The van der Waals surface area contributed by atoms with Gasteiger partial charge in [0.25, 0.3) is 5.56 Å². The van der Waals surface area contributed by atoms with E-state index >= 15 is 0 Å². The van der Waals surface area contributed by atoms with Gasteiger partial charge in [0, 0.05) is 15.7 Å². The van der Waals surface area contributed by atoms with Gasteiger partial charge in [-0.05, 0) is 43.4 Å². The number of likely N-dealkylation sites (N-methyl/N-ethyl adjacent to an activating group) is 1. The SMILES string of the molecule is CN(CC(=O)Nc1cccc(Cl)c1)Cc1nc2ccc(Cl)cc2c(=O)[nH]1. The highest BCUT2D eigenvalue weighted by atomic mass is 35.5. The number of rotatable bonds is 5. The minimum absolute atomic E-state index is 0.134. The van der Waals surface area contributed by atoms with Gasteiger partial charge in [-0.2, -0.15) is 0 Å². The van der Waals surface area contributed by atoms with E-state index in [0.717, 1.165) is 0 Å². The van der Waals surface area contributed by atoms with Crippen molar-refractivity contribution in [2.24, 2.45) is 0 Å². The molecular weight excluding hydrogens is 375 g/mol. The van der Waals surface area contributed by atoms with Gasteiger partial charge in [-0.25, -0.2) is 4.98 Å². The number of carbonyl (C=O) groups is 1. The van der Waals surface area contributed by atoms with Gasteiger partial charge in [0.1, 0.15) is 5.82 Å². The van der Waals surface area contributed by atoms with Crippen molar-refractivity contribution >= 4 is 45.7 Å². The van der Waals surface area contributed by atoms with Crippen LogP contribution in [-0.2, 0) is 11.3 Å². The monoisotopic (exact) mass is 390 g/mol. The zero-order valence-electron chi connectivity index (χ0n) is 13.9. The lowest BCUT2D eigenvalue weighted by Gasteiger charge is -2.16. The molecule has 0 fully saturated rings. The van der Waals surface area contributed by atoms with Crippen molar-refractivity contribution in [2.75, 3.05) is 18.9 Å². The standard InChI is InChI=1S/C18H16Cl2N4O2/c1-24(10-17(25)21-13-4-2-3-11(19)7-13)9-16-22-15-6-5-12(20)8-14(15)18(26)23-16/h2-8H,9-10H2,1H3,(H,21,25)(H,22,23,26). The zero-order valence-corrected chi connectivity index (χ0v) is 15.4. The van der Waals surface area contributed by atoms with E-state index in [0.29, 0.717) is 39.0 Å². The number of fused-ring (bicyclic) bond motifs is 1. The van der Waals surface area contributed by atoms with Crippen LogP contribution in [-0.4, -0.2) is 34.4 Å². The molecule has 0 spiro atoms. The summed E-state index contributed by atoms with van der Waals surface area (Å²) < 4.78 is 0. The van der Waals surface area contributed by atoms with E-state index in [1.54, 1.807) is 54.4 Å². The molecule has 26 heavy (non-hydrogen) atoms. The Labute approximate surface area is 159 Å². The van der Waals surface area contributed by atoms with Crippen molar-refractivity contribution in [2.45, 2.75) is 6.54 Å². The predicted octanol–water partition coefficient (Wildman–Crippen LogP) is 3.30. The molecule has 0 saturated carbocycles. The van der Waals surface area contributed by atoms with Gasteiger partial charge in [0.05, 0.1) is 24.0 Å². The molecule has 0 unspecified atom stereocenters. The minimum Gasteiger partial charge on any atom is -0.325 e. The van der Waals surface area contributed by atoms with Crippen LogP contribution in [0.2, 0.25) is 10.0 Å². The smallest absolute Gasteiger partial charge is 0.258 e. The molecule has 0 bridgehead atoms. The zero-order chi connectivity index (χ0) is 18.7. The fourth-order valence-corrected chi connectivity index (χ4v) is 2.92. The third-order valence-electron chi connectivity index (χ3n) is 3.66. The lowest BCUT2D eigenvalue weighted by Crippen LogP contribution is -2.31. The Morgan fingerprint density at radius 3 is 2.73 bits per heavy atom. The highest BCUT2D eigenvalue weighted by molar-refractivity contribution is 6.31. The van der Waals surface area contributed by atoms with Crippen LogP contribution in [0.3, 0.4) is 0 Å². The van der Waals surface area contributed by atoms with Crippen molar-refractivity contribution < 1.29 is 4.79 Å². The maximum atomic E-state index is 12.2. The van der Waals surface area contributed by atoms with Crippen LogP contribution in [0, 0.1) is 0 Å². The predicted molar refractivity (Wildman–Crippen MR) is 104 cm³/mol. The first-order valence-corrected chi connectivity index (χ1v) is 8.59. The second kappa shape index (κ2) is 7.86. The van der Waals surface area contributed by atoms with Crippen molar-refractivity contribution in [3.63, 3.8) is 0 Å². The third-order valence-corrected chi connectivity index (χ3v) is 4.13. The second-order valence-corrected chi connectivity index (χ2v) is 6.78. The van der Waals surface area contributed by atoms with Crippen LogP contribution in [0.15, 0.2) is 47.3 Å². The number of hydrogen-bond acceptors (Lipinski definition) is 4. The van der Waals surface area contributed by atoms with Gasteiger partial charge >= 0.3 is 0 Å². The summed E-state index contributed by atoms with van der Waals surface area (Å²) in [5.41, 5.74) is 0.930. The van der Waals surface area contributed by atoms with Gasteiger partial charge in [0.15, 0.2) is 0 Å². The van der Waals surface area contributed by atoms with Crippen LogP contribution >= 0.6 is 23.2 Å². The third kappa shape index (κ3) is 4.60.